The molecule has 2 N–H and O–H groups in total. The Hall–Kier alpha value is -0.890. The summed E-state index contributed by atoms with van der Waals surface area (Å²) in [6, 6.07) is 4.76. The Bertz CT molecular complexity index is 170. The Morgan fingerprint density at radius 3 is 2.89 bits per heavy atom. The third kappa shape index (κ3) is 1.50. The van der Waals surface area contributed by atoms with Crippen LogP contribution >= 0.6 is 0 Å². The molecule has 1 aromatic heterocycles. The maximum absolute atomic E-state index is 5.55. The van der Waals surface area contributed by atoms with E-state index >= 15 is 0 Å². The molecule has 0 amide bonds. The summed E-state index contributed by atoms with van der Waals surface area (Å²) in [5, 5.41) is 0. The average molecular weight is 121 g/mol. The van der Waals surface area contributed by atoms with Gasteiger partial charge in [-0.2, -0.15) is 0 Å². The van der Waals surface area contributed by atoms with Crippen LogP contribution in [0.1, 0.15) is 18.5 Å². The Morgan fingerprint density at radius 2 is 2.56 bits per heavy atom. The molecule has 0 saturated heterocycles. The lowest BCUT2D eigenvalue weighted by atomic mass is 10.2. The Balaban J connectivity index is 2.85. The van der Waals surface area contributed by atoms with Gasteiger partial charge in [0, 0.05) is 24.5 Å². The molecular formula is C7H9N2. The van der Waals surface area contributed by atoms with Crippen molar-refractivity contribution in [2.45, 2.75) is 13.0 Å². The minimum absolute atomic E-state index is 0.0648. The molecular weight excluding hydrogens is 112 g/mol. The van der Waals surface area contributed by atoms with Crippen molar-refractivity contribution in [2.24, 2.45) is 5.73 Å². The highest BCUT2D eigenvalue weighted by molar-refractivity contribution is 5.10. The van der Waals surface area contributed by atoms with E-state index in [4.69, 9.17) is 5.73 Å². The molecule has 0 aliphatic heterocycles. The van der Waals surface area contributed by atoms with E-state index in [1.54, 1.807) is 12.4 Å². The third-order valence-electron chi connectivity index (χ3n) is 1.15. The van der Waals surface area contributed by atoms with Crippen molar-refractivity contribution in [1.29, 1.82) is 0 Å². The summed E-state index contributed by atoms with van der Waals surface area (Å²) >= 11 is 0. The van der Waals surface area contributed by atoms with Gasteiger partial charge in [0.1, 0.15) is 0 Å². The first kappa shape index (κ1) is 6.23. The average Bonchev–Trinajstić information content (AvgIpc) is 1.90. The first-order valence-corrected chi connectivity index (χ1v) is 2.87. The van der Waals surface area contributed by atoms with Crippen molar-refractivity contribution in [1.82, 2.24) is 4.98 Å². The van der Waals surface area contributed by atoms with E-state index in [-0.39, 0.29) is 6.04 Å². The number of pyridine rings is 1. The number of hydrogen-bond donors (Lipinski definition) is 1. The molecule has 2 heteroatoms. The summed E-state index contributed by atoms with van der Waals surface area (Å²) in [5.74, 6) is 0. The third-order valence-corrected chi connectivity index (χ3v) is 1.15. The van der Waals surface area contributed by atoms with Gasteiger partial charge < -0.3 is 5.73 Å². The van der Waals surface area contributed by atoms with Gasteiger partial charge in [0.25, 0.3) is 0 Å². The molecule has 0 fully saturated rings. The van der Waals surface area contributed by atoms with Gasteiger partial charge in [0.15, 0.2) is 0 Å². The predicted molar refractivity (Wildman–Crippen MR) is 35.7 cm³/mol. The van der Waals surface area contributed by atoms with Crippen LogP contribution in [-0.2, 0) is 0 Å². The largest absolute Gasteiger partial charge is 0.324 e. The maximum atomic E-state index is 5.55. The Kier molecular flexibility index (Phi) is 1.80. The maximum Gasteiger partial charge on any atom is 0.0347 e. The molecule has 1 atom stereocenters. The van der Waals surface area contributed by atoms with Crippen LogP contribution in [0.3, 0.4) is 0 Å². The molecule has 0 spiro atoms. The van der Waals surface area contributed by atoms with Crippen LogP contribution in [0.15, 0.2) is 18.5 Å². The molecule has 1 heterocycles. The first-order chi connectivity index (χ1) is 4.30. The van der Waals surface area contributed by atoms with Crippen molar-refractivity contribution in [3.8, 4) is 0 Å². The van der Waals surface area contributed by atoms with Gasteiger partial charge in [-0.05, 0) is 18.6 Å². The summed E-state index contributed by atoms with van der Waals surface area (Å²) < 4.78 is 0. The zero-order valence-corrected chi connectivity index (χ0v) is 5.33. The fourth-order valence-electron chi connectivity index (χ4n) is 0.586. The lowest BCUT2D eigenvalue weighted by Gasteiger charge is -2.01. The second-order valence-electron chi connectivity index (χ2n) is 2.01. The van der Waals surface area contributed by atoms with E-state index in [0.717, 1.165) is 5.56 Å². The van der Waals surface area contributed by atoms with Crippen molar-refractivity contribution < 1.29 is 0 Å². The van der Waals surface area contributed by atoms with E-state index in [0.29, 0.717) is 0 Å². The lowest BCUT2D eigenvalue weighted by Crippen LogP contribution is -2.04. The number of hydrogen-bond acceptors (Lipinski definition) is 2. The molecule has 0 bridgehead atoms. The molecule has 9 heavy (non-hydrogen) atoms. The van der Waals surface area contributed by atoms with Gasteiger partial charge in [-0.15, -0.1) is 0 Å². The number of nitrogens with zero attached hydrogens (tertiary/aromatic N) is 1. The summed E-state index contributed by atoms with van der Waals surface area (Å²) in [4.78, 5) is 3.87. The molecule has 0 aromatic carbocycles. The lowest BCUT2D eigenvalue weighted by molar-refractivity contribution is 0.811. The van der Waals surface area contributed by atoms with Crippen molar-refractivity contribution in [3.05, 3.63) is 30.1 Å². The zero-order valence-electron chi connectivity index (χ0n) is 5.33. The Labute approximate surface area is 54.7 Å². The molecule has 47 valence electrons. The van der Waals surface area contributed by atoms with Crippen LogP contribution in [0.4, 0.5) is 0 Å². The standard InChI is InChI=1S/C7H9N2/c1-6(8)7-3-2-4-9-5-7/h3-6H,8H2,1H3. The monoisotopic (exact) mass is 121 g/mol. The highest BCUT2D eigenvalue weighted by atomic mass is 14.7. The molecule has 0 aliphatic carbocycles. The molecule has 2 nitrogen and oxygen atoms in total. The number of nitrogens with two attached hydrogens (primary N) is 1. The normalized spacial score (nSPS) is 13.1. The first-order valence-electron chi connectivity index (χ1n) is 2.87. The van der Waals surface area contributed by atoms with Crippen LogP contribution in [0.5, 0.6) is 0 Å². The highest BCUT2D eigenvalue weighted by Crippen LogP contribution is 2.04. The summed E-state index contributed by atoms with van der Waals surface area (Å²) in [7, 11) is 0. The van der Waals surface area contributed by atoms with Gasteiger partial charge in [0.2, 0.25) is 0 Å². The second-order valence-corrected chi connectivity index (χ2v) is 2.01. The van der Waals surface area contributed by atoms with Crippen LogP contribution in [-0.4, -0.2) is 4.98 Å². The van der Waals surface area contributed by atoms with E-state index < -0.39 is 0 Å². The van der Waals surface area contributed by atoms with E-state index in [2.05, 4.69) is 11.1 Å². The van der Waals surface area contributed by atoms with Crippen molar-refractivity contribution >= 4 is 0 Å². The van der Waals surface area contributed by atoms with Gasteiger partial charge >= 0.3 is 0 Å². The zero-order chi connectivity index (χ0) is 6.69. The minimum Gasteiger partial charge on any atom is -0.324 e. The SMILES string of the molecule is CC(N)c1c[c]cnc1. The van der Waals surface area contributed by atoms with E-state index in [1.807, 2.05) is 13.0 Å². The van der Waals surface area contributed by atoms with Gasteiger partial charge in [-0.3, -0.25) is 4.98 Å². The van der Waals surface area contributed by atoms with Crippen molar-refractivity contribution in [2.75, 3.05) is 0 Å². The number of rotatable bonds is 1. The molecule has 1 rings (SSSR count). The van der Waals surface area contributed by atoms with E-state index in [9.17, 15) is 0 Å². The molecule has 0 aliphatic rings. The topological polar surface area (TPSA) is 38.9 Å². The molecule has 1 radical (unpaired) electrons. The molecule has 0 saturated carbocycles. The quantitative estimate of drug-likeness (QED) is 0.599. The van der Waals surface area contributed by atoms with Gasteiger partial charge in [0.05, 0.1) is 0 Å². The Morgan fingerprint density at radius 1 is 1.78 bits per heavy atom. The van der Waals surface area contributed by atoms with Crippen LogP contribution in [0, 0.1) is 6.07 Å². The summed E-state index contributed by atoms with van der Waals surface area (Å²) in [5.41, 5.74) is 6.58. The number of aromatic nitrogens is 1. The minimum atomic E-state index is 0.0648. The fourth-order valence-corrected chi connectivity index (χ4v) is 0.586. The van der Waals surface area contributed by atoms with Crippen LogP contribution in [0.2, 0.25) is 0 Å². The highest BCUT2D eigenvalue weighted by Gasteiger charge is 1.94. The van der Waals surface area contributed by atoms with Gasteiger partial charge in [-0.1, -0.05) is 0 Å². The molecule has 1 aromatic rings. The van der Waals surface area contributed by atoms with Crippen LogP contribution in [0.25, 0.3) is 0 Å². The van der Waals surface area contributed by atoms with Gasteiger partial charge in [-0.25, -0.2) is 0 Å². The second kappa shape index (κ2) is 2.60. The predicted octanol–water partition coefficient (Wildman–Crippen LogP) is 0.901. The van der Waals surface area contributed by atoms with Crippen molar-refractivity contribution in [3.63, 3.8) is 0 Å². The van der Waals surface area contributed by atoms with E-state index in [1.165, 1.54) is 0 Å². The fraction of sp³-hybridized carbons (Fsp3) is 0.286. The smallest absolute Gasteiger partial charge is 0.0347 e. The summed E-state index contributed by atoms with van der Waals surface area (Å²) in [6.45, 7) is 1.92. The van der Waals surface area contributed by atoms with Crippen LogP contribution < -0.4 is 5.73 Å². The summed E-state index contributed by atoms with van der Waals surface area (Å²) in [6.07, 6.45) is 3.37. The molecule has 1 unspecified atom stereocenters.